The minimum Gasteiger partial charge on any atom is -0.508 e. The molecule has 31 heavy (non-hydrogen) atoms. The van der Waals surface area contributed by atoms with Crippen molar-refractivity contribution in [3.63, 3.8) is 0 Å². The van der Waals surface area contributed by atoms with Crippen molar-refractivity contribution in [3.05, 3.63) is 75.9 Å². The molecule has 5 nitrogen and oxygen atoms in total. The van der Waals surface area contributed by atoms with Crippen molar-refractivity contribution < 1.29 is 18.7 Å². The average Bonchev–Trinajstić information content (AvgIpc) is 2.76. The first kappa shape index (κ1) is 23.0. The number of hydrogen-bond donors (Lipinski definition) is 1. The van der Waals surface area contributed by atoms with Gasteiger partial charge in [-0.1, -0.05) is 0 Å². The third-order valence-electron chi connectivity index (χ3n) is 5.84. The lowest BCUT2D eigenvalue weighted by atomic mass is 9.89. The number of halogens is 2. The highest BCUT2D eigenvalue weighted by Crippen LogP contribution is 2.23. The summed E-state index contributed by atoms with van der Waals surface area (Å²) in [6.45, 7) is 2.50. The van der Waals surface area contributed by atoms with Crippen LogP contribution in [0.4, 0.5) is 4.39 Å². The number of ketones is 1. The first-order valence-electron chi connectivity index (χ1n) is 10.3. The van der Waals surface area contributed by atoms with Gasteiger partial charge in [0.2, 0.25) is 0 Å². The molecule has 2 heterocycles. The monoisotopic (exact) mass is 445 g/mol. The molecule has 1 aliphatic rings. The number of Topliss-reactive ketones (excluding diaryl/α,β-unsaturated/α-hetero) is 1. The maximum absolute atomic E-state index is 13.0. The molecule has 164 valence electrons. The lowest BCUT2D eigenvalue weighted by Crippen LogP contribution is -2.37. The van der Waals surface area contributed by atoms with E-state index in [0.29, 0.717) is 28.5 Å². The van der Waals surface area contributed by atoms with E-state index >= 15 is 0 Å². The molecule has 3 aromatic rings. The molecule has 0 unspecified atom stereocenters. The average molecular weight is 446 g/mol. The summed E-state index contributed by atoms with van der Waals surface area (Å²) in [6, 6.07) is 10.3. The Morgan fingerprint density at radius 2 is 1.84 bits per heavy atom. The van der Waals surface area contributed by atoms with Crippen molar-refractivity contribution in [2.75, 3.05) is 19.6 Å². The molecule has 1 saturated heterocycles. The molecular weight excluding hydrogens is 421 g/mol. The number of fused-ring (bicyclic) bond motifs is 1. The Morgan fingerprint density at radius 3 is 2.55 bits per heavy atom. The molecule has 0 amide bonds. The Bertz CT molecular complexity index is 1100. The lowest BCUT2D eigenvalue weighted by Gasteiger charge is -2.31. The topological polar surface area (TPSA) is 70.8 Å². The second-order valence-corrected chi connectivity index (χ2v) is 7.86. The summed E-state index contributed by atoms with van der Waals surface area (Å²) in [5.74, 6) is -0.220. The van der Waals surface area contributed by atoms with Gasteiger partial charge in [0.1, 0.15) is 17.1 Å². The highest BCUT2D eigenvalue weighted by molar-refractivity contribution is 5.97. The van der Waals surface area contributed by atoms with Crippen LogP contribution >= 0.6 is 12.4 Å². The maximum Gasteiger partial charge on any atom is 0.195 e. The summed E-state index contributed by atoms with van der Waals surface area (Å²) >= 11 is 0. The zero-order valence-electron chi connectivity index (χ0n) is 17.1. The summed E-state index contributed by atoms with van der Waals surface area (Å²) in [4.78, 5) is 27.5. The lowest BCUT2D eigenvalue weighted by molar-refractivity contribution is 0.0839. The van der Waals surface area contributed by atoms with Gasteiger partial charge in [-0.05, 0) is 87.8 Å². The standard InChI is InChI=1S/C24H24FNO4.ClH/c25-19-5-3-16(4-6-19)23(28)17-9-12-26(13-10-17)11-1-2-18-15-30-22-8-7-20(27)14-21(22)24(18)29;/h3-8,14-15,17,27H,1-2,9-13H2;1H. The third kappa shape index (κ3) is 5.32. The van der Waals surface area contributed by atoms with Crippen LogP contribution in [0.5, 0.6) is 5.75 Å². The van der Waals surface area contributed by atoms with Crippen LogP contribution in [0, 0.1) is 11.7 Å². The van der Waals surface area contributed by atoms with Gasteiger partial charge in [-0.3, -0.25) is 9.59 Å². The number of piperidine rings is 1. The number of rotatable bonds is 6. The Labute approximate surface area is 185 Å². The van der Waals surface area contributed by atoms with Crippen molar-refractivity contribution >= 4 is 29.2 Å². The van der Waals surface area contributed by atoms with E-state index in [0.717, 1.165) is 38.9 Å². The number of hydrogen-bond acceptors (Lipinski definition) is 5. The molecule has 1 N–H and O–H groups in total. The Hall–Kier alpha value is -2.70. The number of carbonyl (C=O) groups excluding carboxylic acids is 1. The van der Waals surface area contributed by atoms with Gasteiger partial charge in [0, 0.05) is 17.0 Å². The molecule has 0 radical (unpaired) electrons. The number of benzene rings is 2. The molecule has 0 saturated carbocycles. The molecule has 2 aromatic carbocycles. The molecule has 1 fully saturated rings. The zero-order valence-corrected chi connectivity index (χ0v) is 17.9. The van der Waals surface area contributed by atoms with E-state index < -0.39 is 0 Å². The van der Waals surface area contributed by atoms with Crippen molar-refractivity contribution in [3.8, 4) is 5.75 Å². The highest BCUT2D eigenvalue weighted by atomic mass is 35.5. The highest BCUT2D eigenvalue weighted by Gasteiger charge is 2.25. The SMILES string of the molecule is Cl.O=C(c1ccc(F)cc1)C1CCN(CCCc2coc3ccc(O)cc3c2=O)CC1. The van der Waals surface area contributed by atoms with Crippen LogP contribution in [-0.4, -0.2) is 35.4 Å². The number of phenolic OH excluding ortho intramolecular Hbond substituents is 1. The van der Waals surface area contributed by atoms with E-state index in [-0.39, 0.29) is 41.1 Å². The van der Waals surface area contributed by atoms with Crippen LogP contribution in [-0.2, 0) is 6.42 Å². The normalized spacial score (nSPS) is 15.0. The summed E-state index contributed by atoms with van der Waals surface area (Å²) in [7, 11) is 0. The van der Waals surface area contributed by atoms with Crippen LogP contribution in [0.3, 0.4) is 0 Å². The summed E-state index contributed by atoms with van der Waals surface area (Å²) in [5, 5.41) is 10.0. The van der Waals surface area contributed by atoms with Gasteiger partial charge in [0.25, 0.3) is 0 Å². The van der Waals surface area contributed by atoms with Gasteiger partial charge in [0.15, 0.2) is 11.2 Å². The third-order valence-corrected chi connectivity index (χ3v) is 5.84. The number of likely N-dealkylation sites (tertiary alicyclic amines) is 1. The molecule has 0 aliphatic carbocycles. The minimum absolute atomic E-state index is 0. The van der Waals surface area contributed by atoms with Gasteiger partial charge in [-0.2, -0.15) is 0 Å². The van der Waals surface area contributed by atoms with E-state index in [2.05, 4.69) is 4.90 Å². The summed E-state index contributed by atoms with van der Waals surface area (Å²) in [5.41, 5.74) is 1.54. The van der Waals surface area contributed by atoms with E-state index in [1.54, 1.807) is 18.2 Å². The van der Waals surface area contributed by atoms with E-state index in [1.807, 2.05) is 0 Å². The molecule has 0 atom stereocenters. The van der Waals surface area contributed by atoms with Crippen molar-refractivity contribution in [1.29, 1.82) is 0 Å². The predicted molar refractivity (Wildman–Crippen MR) is 120 cm³/mol. The van der Waals surface area contributed by atoms with Gasteiger partial charge in [-0.15, -0.1) is 12.4 Å². The van der Waals surface area contributed by atoms with Crippen LogP contribution in [0.15, 0.2) is 57.9 Å². The van der Waals surface area contributed by atoms with Crippen LogP contribution in [0.1, 0.15) is 35.2 Å². The predicted octanol–water partition coefficient (Wildman–Crippen LogP) is 4.59. The fraction of sp³-hybridized carbons (Fsp3) is 0.333. The molecular formula is C24H25ClFNO4. The van der Waals surface area contributed by atoms with Crippen LogP contribution in [0.25, 0.3) is 11.0 Å². The fourth-order valence-corrected chi connectivity index (χ4v) is 4.09. The van der Waals surface area contributed by atoms with Gasteiger partial charge < -0.3 is 14.4 Å². The second-order valence-electron chi connectivity index (χ2n) is 7.86. The quantitative estimate of drug-likeness (QED) is 0.562. The molecule has 0 spiro atoms. The molecule has 0 bridgehead atoms. The molecule has 1 aromatic heterocycles. The first-order valence-corrected chi connectivity index (χ1v) is 10.3. The zero-order chi connectivity index (χ0) is 21.1. The summed E-state index contributed by atoms with van der Waals surface area (Å²) < 4.78 is 18.6. The molecule has 4 rings (SSSR count). The smallest absolute Gasteiger partial charge is 0.195 e. The van der Waals surface area contributed by atoms with E-state index in [9.17, 15) is 19.1 Å². The second kappa shape index (κ2) is 10.1. The van der Waals surface area contributed by atoms with Crippen LogP contribution in [0.2, 0.25) is 0 Å². The number of aryl methyl sites for hydroxylation is 1. The van der Waals surface area contributed by atoms with Gasteiger partial charge in [-0.25, -0.2) is 4.39 Å². The van der Waals surface area contributed by atoms with Crippen molar-refractivity contribution in [1.82, 2.24) is 4.90 Å². The largest absolute Gasteiger partial charge is 0.508 e. The Morgan fingerprint density at radius 1 is 1.13 bits per heavy atom. The molecule has 7 heteroatoms. The number of carbonyl (C=O) groups is 1. The molecule has 1 aliphatic heterocycles. The van der Waals surface area contributed by atoms with Crippen LogP contribution < -0.4 is 5.43 Å². The first-order chi connectivity index (χ1) is 14.5. The van der Waals surface area contributed by atoms with Crippen molar-refractivity contribution in [2.24, 2.45) is 5.92 Å². The van der Waals surface area contributed by atoms with Gasteiger partial charge >= 0.3 is 0 Å². The maximum atomic E-state index is 13.0. The Balaban J connectivity index is 0.00000272. The van der Waals surface area contributed by atoms with Crippen molar-refractivity contribution in [2.45, 2.75) is 25.7 Å². The van der Waals surface area contributed by atoms with E-state index in [1.165, 1.54) is 30.5 Å². The van der Waals surface area contributed by atoms with Gasteiger partial charge in [0.05, 0.1) is 11.6 Å². The summed E-state index contributed by atoms with van der Waals surface area (Å²) in [6.07, 6.45) is 4.49. The van der Waals surface area contributed by atoms with E-state index in [4.69, 9.17) is 4.42 Å². The number of aromatic hydroxyl groups is 1. The Kier molecular flexibility index (Phi) is 7.46. The minimum atomic E-state index is -0.335. The fourth-order valence-electron chi connectivity index (χ4n) is 4.09. The number of nitrogens with zero attached hydrogens (tertiary/aromatic N) is 1. The number of phenols is 1.